The van der Waals surface area contributed by atoms with Crippen molar-refractivity contribution in [1.29, 1.82) is 0 Å². The van der Waals surface area contributed by atoms with Crippen LogP contribution in [-0.4, -0.2) is 9.91 Å². The van der Waals surface area contributed by atoms with Crippen LogP contribution in [0.2, 0.25) is 0 Å². The minimum atomic E-state index is -0.913. The number of halogens is 3. The van der Waals surface area contributed by atoms with Gasteiger partial charge in [0.15, 0.2) is 0 Å². The number of pyridine rings is 1. The Labute approximate surface area is 119 Å². The summed E-state index contributed by atoms with van der Waals surface area (Å²) >= 11 is 2.89. The summed E-state index contributed by atoms with van der Waals surface area (Å²) in [5.41, 5.74) is 4.89. The zero-order chi connectivity index (χ0) is 14.9. The van der Waals surface area contributed by atoms with Crippen molar-refractivity contribution in [2.45, 2.75) is 0 Å². The van der Waals surface area contributed by atoms with Gasteiger partial charge in [-0.1, -0.05) is 0 Å². The van der Waals surface area contributed by atoms with Gasteiger partial charge in [0.05, 0.1) is 15.1 Å². The fraction of sp³-hybridized carbons (Fsp3) is 0. The van der Waals surface area contributed by atoms with Crippen LogP contribution < -0.4 is 11.1 Å². The summed E-state index contributed by atoms with van der Waals surface area (Å²) in [4.78, 5) is 13.9. The van der Waals surface area contributed by atoms with Gasteiger partial charge in [-0.3, -0.25) is 10.1 Å². The highest BCUT2D eigenvalue weighted by molar-refractivity contribution is 9.10. The Kier molecular flexibility index (Phi) is 3.79. The van der Waals surface area contributed by atoms with Gasteiger partial charge in [0, 0.05) is 12.1 Å². The van der Waals surface area contributed by atoms with E-state index in [9.17, 15) is 18.9 Å². The lowest BCUT2D eigenvalue weighted by Gasteiger charge is -2.08. The molecular weight excluding hydrogens is 338 g/mol. The van der Waals surface area contributed by atoms with Gasteiger partial charge in [0.2, 0.25) is 5.82 Å². The lowest BCUT2D eigenvalue weighted by atomic mass is 10.3. The number of benzene rings is 1. The molecule has 2 aromatic rings. The van der Waals surface area contributed by atoms with Gasteiger partial charge in [0.1, 0.15) is 17.5 Å². The summed E-state index contributed by atoms with van der Waals surface area (Å²) in [5, 5.41) is 13.3. The van der Waals surface area contributed by atoms with Gasteiger partial charge in [-0.15, -0.1) is 0 Å². The SMILES string of the molecule is Nc1ccc([N+](=O)[O-])c(Nc2cc(Br)c(F)cc2F)n1. The second-order valence-corrected chi connectivity index (χ2v) is 4.59. The van der Waals surface area contributed by atoms with Crippen LogP contribution in [0.5, 0.6) is 0 Å². The molecule has 2 rings (SSSR count). The quantitative estimate of drug-likeness (QED) is 0.505. The molecule has 0 saturated heterocycles. The average molecular weight is 345 g/mol. The average Bonchev–Trinajstić information content (AvgIpc) is 2.35. The molecule has 0 saturated carbocycles. The van der Waals surface area contributed by atoms with E-state index in [0.717, 1.165) is 12.1 Å². The third-order valence-electron chi connectivity index (χ3n) is 2.36. The monoisotopic (exact) mass is 344 g/mol. The van der Waals surface area contributed by atoms with Crippen LogP contribution in [0.15, 0.2) is 28.7 Å². The Balaban J connectivity index is 2.47. The molecule has 0 amide bonds. The largest absolute Gasteiger partial charge is 0.384 e. The third kappa shape index (κ3) is 2.82. The Morgan fingerprint density at radius 2 is 2.00 bits per heavy atom. The van der Waals surface area contributed by atoms with Crippen molar-refractivity contribution in [3.05, 3.63) is 50.5 Å². The van der Waals surface area contributed by atoms with E-state index in [-0.39, 0.29) is 27.5 Å². The van der Waals surface area contributed by atoms with Crippen molar-refractivity contribution >= 4 is 38.9 Å². The van der Waals surface area contributed by atoms with E-state index >= 15 is 0 Å². The highest BCUT2D eigenvalue weighted by Gasteiger charge is 2.18. The first kappa shape index (κ1) is 14.1. The second-order valence-electron chi connectivity index (χ2n) is 3.73. The summed E-state index contributed by atoms with van der Waals surface area (Å²) in [7, 11) is 0. The predicted molar refractivity (Wildman–Crippen MR) is 72.6 cm³/mol. The third-order valence-corrected chi connectivity index (χ3v) is 2.96. The number of hydrogen-bond acceptors (Lipinski definition) is 5. The molecule has 9 heteroatoms. The fourth-order valence-electron chi connectivity index (χ4n) is 1.45. The van der Waals surface area contributed by atoms with Crippen LogP contribution in [0.3, 0.4) is 0 Å². The standard InChI is InChI=1S/C11H7BrF2N4O2/c12-5-3-8(7(14)4-6(5)13)16-11-9(18(19)20)1-2-10(15)17-11/h1-4H,(H3,15,16,17). The summed E-state index contributed by atoms with van der Waals surface area (Å²) in [6.45, 7) is 0. The molecule has 20 heavy (non-hydrogen) atoms. The molecule has 0 atom stereocenters. The maximum absolute atomic E-state index is 13.6. The van der Waals surface area contributed by atoms with E-state index in [0.29, 0.717) is 6.07 Å². The van der Waals surface area contributed by atoms with E-state index in [2.05, 4.69) is 26.2 Å². The minimum Gasteiger partial charge on any atom is -0.384 e. The number of anilines is 3. The molecule has 1 heterocycles. The van der Waals surface area contributed by atoms with E-state index in [1.165, 1.54) is 6.07 Å². The van der Waals surface area contributed by atoms with E-state index in [4.69, 9.17) is 5.73 Å². The van der Waals surface area contributed by atoms with Gasteiger partial charge >= 0.3 is 5.69 Å². The summed E-state index contributed by atoms with van der Waals surface area (Å²) < 4.78 is 26.7. The molecule has 0 bridgehead atoms. The summed E-state index contributed by atoms with van der Waals surface area (Å²) in [6.07, 6.45) is 0. The lowest BCUT2D eigenvalue weighted by molar-refractivity contribution is -0.384. The highest BCUT2D eigenvalue weighted by Crippen LogP contribution is 2.30. The Morgan fingerprint density at radius 3 is 2.65 bits per heavy atom. The molecule has 0 radical (unpaired) electrons. The minimum absolute atomic E-state index is 0.00737. The summed E-state index contributed by atoms with van der Waals surface area (Å²) in [6, 6.07) is 4.14. The predicted octanol–water partition coefficient (Wildman–Crippen LogP) is 3.36. The number of nitrogen functional groups attached to an aromatic ring is 1. The first-order chi connectivity index (χ1) is 9.38. The van der Waals surface area contributed by atoms with Crippen molar-refractivity contribution in [2.24, 2.45) is 0 Å². The smallest absolute Gasteiger partial charge is 0.311 e. The molecule has 0 unspecified atom stereocenters. The molecule has 6 nitrogen and oxygen atoms in total. The molecule has 0 aliphatic carbocycles. The number of nitrogens with zero attached hydrogens (tertiary/aromatic N) is 2. The van der Waals surface area contributed by atoms with Crippen LogP contribution in [0.4, 0.5) is 31.8 Å². The lowest BCUT2D eigenvalue weighted by Crippen LogP contribution is -2.03. The van der Waals surface area contributed by atoms with Crippen molar-refractivity contribution in [1.82, 2.24) is 4.98 Å². The topological polar surface area (TPSA) is 94.1 Å². The summed E-state index contributed by atoms with van der Waals surface area (Å²) in [5.74, 6) is -1.90. The number of aromatic nitrogens is 1. The number of nitrogens with one attached hydrogen (secondary N) is 1. The first-order valence-electron chi connectivity index (χ1n) is 5.21. The highest BCUT2D eigenvalue weighted by atomic mass is 79.9. The van der Waals surface area contributed by atoms with E-state index < -0.39 is 16.6 Å². The number of nitro groups is 1. The number of hydrogen-bond donors (Lipinski definition) is 2. The van der Waals surface area contributed by atoms with E-state index in [1.54, 1.807) is 0 Å². The molecule has 1 aromatic carbocycles. The normalized spacial score (nSPS) is 10.3. The van der Waals surface area contributed by atoms with Crippen LogP contribution >= 0.6 is 15.9 Å². The van der Waals surface area contributed by atoms with Gasteiger partial charge in [0.25, 0.3) is 0 Å². The maximum Gasteiger partial charge on any atom is 0.311 e. The zero-order valence-electron chi connectivity index (χ0n) is 9.73. The molecule has 0 aliphatic heterocycles. The zero-order valence-corrected chi connectivity index (χ0v) is 11.3. The van der Waals surface area contributed by atoms with Crippen molar-refractivity contribution < 1.29 is 13.7 Å². The van der Waals surface area contributed by atoms with Crippen molar-refractivity contribution in [3.8, 4) is 0 Å². The molecule has 0 spiro atoms. The first-order valence-corrected chi connectivity index (χ1v) is 6.00. The van der Waals surface area contributed by atoms with Gasteiger partial charge < -0.3 is 11.1 Å². The molecule has 0 aliphatic rings. The molecule has 0 fully saturated rings. The maximum atomic E-state index is 13.6. The molecule has 3 N–H and O–H groups in total. The van der Waals surface area contributed by atoms with Crippen molar-refractivity contribution in [2.75, 3.05) is 11.1 Å². The van der Waals surface area contributed by atoms with Gasteiger partial charge in [-0.05, 0) is 28.1 Å². The number of nitrogens with two attached hydrogens (primary N) is 1. The van der Waals surface area contributed by atoms with Gasteiger partial charge in [-0.2, -0.15) is 0 Å². The van der Waals surface area contributed by atoms with Crippen LogP contribution in [0.25, 0.3) is 0 Å². The fourth-order valence-corrected chi connectivity index (χ4v) is 1.80. The van der Waals surface area contributed by atoms with Crippen LogP contribution in [0, 0.1) is 21.7 Å². The Hall–Kier alpha value is -2.29. The molecule has 1 aromatic heterocycles. The Morgan fingerprint density at radius 1 is 1.30 bits per heavy atom. The van der Waals surface area contributed by atoms with Crippen LogP contribution in [-0.2, 0) is 0 Å². The van der Waals surface area contributed by atoms with Gasteiger partial charge in [-0.25, -0.2) is 13.8 Å². The second kappa shape index (κ2) is 5.37. The van der Waals surface area contributed by atoms with Crippen LogP contribution in [0.1, 0.15) is 0 Å². The molecule has 104 valence electrons. The van der Waals surface area contributed by atoms with Crippen molar-refractivity contribution in [3.63, 3.8) is 0 Å². The molecular formula is C11H7BrF2N4O2. The van der Waals surface area contributed by atoms with E-state index in [1.807, 2.05) is 0 Å². The number of rotatable bonds is 3. The Bertz CT molecular complexity index is 696.